The molecule has 1 fully saturated rings. The smallest absolute Gasteiger partial charge is 0.227 e. The van der Waals surface area contributed by atoms with Gasteiger partial charge in [-0.1, -0.05) is 12.2 Å². The second kappa shape index (κ2) is 6.68. The molecule has 4 nitrogen and oxygen atoms in total. The van der Waals surface area contributed by atoms with Crippen molar-refractivity contribution in [2.24, 2.45) is 10.9 Å². The fraction of sp³-hybridized carbons (Fsp3) is 0.300. The Hall–Kier alpha value is -2.47. The van der Waals surface area contributed by atoms with Gasteiger partial charge in [-0.15, -0.1) is 11.3 Å². The van der Waals surface area contributed by atoms with E-state index in [1.165, 1.54) is 16.5 Å². The number of nitrogens with one attached hydrogen (secondary N) is 1. The molecule has 1 heterocycles. The number of nitrogen functional groups attached to an aromatic ring is 1. The molecule has 1 saturated carbocycles. The Morgan fingerprint density at radius 1 is 1.35 bits per heavy atom. The molecule has 6 heteroatoms. The number of anilines is 2. The quantitative estimate of drug-likeness (QED) is 0.625. The van der Waals surface area contributed by atoms with Crippen molar-refractivity contribution in [3.63, 3.8) is 0 Å². The summed E-state index contributed by atoms with van der Waals surface area (Å²) in [5.41, 5.74) is 9.13. The van der Waals surface area contributed by atoms with Crippen molar-refractivity contribution in [1.29, 1.82) is 0 Å². The summed E-state index contributed by atoms with van der Waals surface area (Å²) < 4.78 is 14.3. The lowest BCUT2D eigenvalue weighted by molar-refractivity contribution is -0.117. The van der Waals surface area contributed by atoms with Crippen LogP contribution in [0.2, 0.25) is 0 Å². The molecule has 2 aliphatic rings. The number of benzene rings is 1. The van der Waals surface area contributed by atoms with Crippen LogP contribution in [0.15, 0.2) is 29.3 Å². The minimum absolute atomic E-state index is 0.00511. The topological polar surface area (TPSA) is 67.5 Å². The number of nitrogens with zero attached hydrogens (tertiary/aromatic N) is 1. The third-order valence-electron chi connectivity index (χ3n) is 4.73. The monoisotopic (exact) mass is 369 g/mol. The Labute approximate surface area is 155 Å². The van der Waals surface area contributed by atoms with Crippen molar-refractivity contribution < 1.29 is 9.18 Å². The first-order valence-electron chi connectivity index (χ1n) is 8.73. The minimum atomic E-state index is -0.524. The maximum atomic E-state index is 14.3. The van der Waals surface area contributed by atoms with E-state index in [-0.39, 0.29) is 17.5 Å². The molecule has 1 aromatic heterocycles. The van der Waals surface area contributed by atoms with Crippen LogP contribution >= 0.6 is 11.3 Å². The summed E-state index contributed by atoms with van der Waals surface area (Å²) in [7, 11) is 1.70. The van der Waals surface area contributed by atoms with Gasteiger partial charge in [-0.05, 0) is 49.4 Å². The standard InChI is InChI=1S/C20H20FN3OS/c1-23-19(18-8-12-4-2-3-5-17(12)26-18)13-9-16(14(21)10-15(13)22)24-20(25)11-6-7-11/h2,4,8-11H,3,5-7,22H2,1H3,(H,24,25). The number of amides is 1. The number of hydrogen-bond acceptors (Lipinski definition) is 4. The molecule has 3 N–H and O–H groups in total. The van der Waals surface area contributed by atoms with E-state index in [1.54, 1.807) is 24.5 Å². The first-order valence-corrected chi connectivity index (χ1v) is 9.55. The van der Waals surface area contributed by atoms with Gasteiger partial charge >= 0.3 is 0 Å². The lowest BCUT2D eigenvalue weighted by Gasteiger charge is -2.12. The summed E-state index contributed by atoms with van der Waals surface area (Å²) in [6.07, 6.45) is 8.09. The number of halogens is 1. The molecule has 0 unspecified atom stereocenters. The predicted molar refractivity (Wildman–Crippen MR) is 105 cm³/mol. The van der Waals surface area contributed by atoms with Crippen LogP contribution in [0.4, 0.5) is 15.8 Å². The summed E-state index contributed by atoms with van der Waals surface area (Å²) in [5.74, 6) is -0.652. The summed E-state index contributed by atoms with van der Waals surface area (Å²) in [6.45, 7) is 0. The SMILES string of the molecule is CN=C(c1cc2c(s1)CCC=C2)c1cc(NC(=O)C2CC2)c(F)cc1N. The molecular formula is C20H20FN3OS. The molecule has 1 aromatic carbocycles. The summed E-state index contributed by atoms with van der Waals surface area (Å²) in [6, 6.07) is 4.96. The number of nitrogens with two attached hydrogens (primary N) is 1. The number of carbonyl (C=O) groups is 1. The van der Waals surface area contributed by atoms with Gasteiger partial charge < -0.3 is 11.1 Å². The van der Waals surface area contributed by atoms with Crippen molar-refractivity contribution in [1.82, 2.24) is 0 Å². The number of rotatable bonds is 4. The second-order valence-electron chi connectivity index (χ2n) is 6.69. The predicted octanol–water partition coefficient (Wildman–Crippen LogP) is 4.24. The molecule has 0 radical (unpaired) electrons. The van der Waals surface area contributed by atoms with Gasteiger partial charge in [0.25, 0.3) is 0 Å². The highest BCUT2D eigenvalue weighted by Gasteiger charge is 2.30. The van der Waals surface area contributed by atoms with Gasteiger partial charge in [0.1, 0.15) is 5.82 Å². The maximum absolute atomic E-state index is 14.3. The van der Waals surface area contributed by atoms with Gasteiger partial charge in [-0.25, -0.2) is 4.39 Å². The molecule has 2 aromatic rings. The van der Waals surface area contributed by atoms with Gasteiger partial charge in [0, 0.05) is 29.1 Å². The van der Waals surface area contributed by atoms with E-state index in [0.29, 0.717) is 11.3 Å². The first-order chi connectivity index (χ1) is 12.6. The lowest BCUT2D eigenvalue weighted by atomic mass is 10.0. The van der Waals surface area contributed by atoms with Crippen molar-refractivity contribution in [3.05, 3.63) is 51.0 Å². The largest absolute Gasteiger partial charge is 0.398 e. The van der Waals surface area contributed by atoms with Crippen LogP contribution in [0.25, 0.3) is 6.08 Å². The van der Waals surface area contributed by atoms with E-state index in [2.05, 4.69) is 28.5 Å². The highest BCUT2D eigenvalue weighted by molar-refractivity contribution is 7.14. The van der Waals surface area contributed by atoms with Gasteiger partial charge in [-0.2, -0.15) is 0 Å². The van der Waals surface area contributed by atoms with Crippen LogP contribution in [-0.2, 0) is 11.2 Å². The minimum Gasteiger partial charge on any atom is -0.398 e. The van der Waals surface area contributed by atoms with E-state index < -0.39 is 5.82 Å². The molecule has 2 aliphatic carbocycles. The number of thiophene rings is 1. The molecule has 0 aliphatic heterocycles. The van der Waals surface area contributed by atoms with Crippen molar-refractivity contribution >= 4 is 40.4 Å². The summed E-state index contributed by atoms with van der Waals surface area (Å²) >= 11 is 1.69. The van der Waals surface area contributed by atoms with E-state index >= 15 is 0 Å². The molecule has 1 amide bonds. The number of aliphatic imine (C=N–C) groups is 1. The van der Waals surface area contributed by atoms with Crippen LogP contribution in [0, 0.1) is 11.7 Å². The Kier molecular flexibility index (Phi) is 4.36. The van der Waals surface area contributed by atoms with Gasteiger partial charge in [0.15, 0.2) is 0 Å². The average Bonchev–Trinajstić information content (AvgIpc) is 3.39. The Balaban J connectivity index is 1.71. The third kappa shape index (κ3) is 3.17. The van der Waals surface area contributed by atoms with Crippen LogP contribution < -0.4 is 11.1 Å². The number of aryl methyl sites for hydroxylation is 1. The van der Waals surface area contributed by atoms with E-state index in [1.807, 2.05) is 0 Å². The van der Waals surface area contributed by atoms with Crippen LogP contribution in [-0.4, -0.2) is 18.7 Å². The normalized spacial score (nSPS) is 16.5. The summed E-state index contributed by atoms with van der Waals surface area (Å²) in [5, 5.41) is 2.69. The Morgan fingerprint density at radius 3 is 2.85 bits per heavy atom. The van der Waals surface area contributed by atoms with Crippen molar-refractivity contribution in [2.45, 2.75) is 25.7 Å². The Morgan fingerprint density at radius 2 is 2.15 bits per heavy atom. The zero-order chi connectivity index (χ0) is 18.3. The molecule has 26 heavy (non-hydrogen) atoms. The molecule has 4 rings (SSSR count). The molecule has 0 bridgehead atoms. The van der Waals surface area contributed by atoms with Gasteiger partial charge in [0.2, 0.25) is 5.91 Å². The molecular weight excluding hydrogens is 349 g/mol. The van der Waals surface area contributed by atoms with Crippen molar-refractivity contribution in [3.8, 4) is 0 Å². The zero-order valence-electron chi connectivity index (χ0n) is 14.5. The molecule has 0 spiro atoms. The molecule has 0 atom stereocenters. The third-order valence-corrected chi connectivity index (χ3v) is 5.95. The van der Waals surface area contributed by atoms with E-state index in [0.717, 1.165) is 36.3 Å². The van der Waals surface area contributed by atoms with Crippen LogP contribution in [0.1, 0.15) is 40.1 Å². The second-order valence-corrected chi connectivity index (χ2v) is 7.82. The van der Waals surface area contributed by atoms with Crippen molar-refractivity contribution in [2.75, 3.05) is 18.1 Å². The highest BCUT2D eigenvalue weighted by Crippen LogP contribution is 2.34. The average molecular weight is 369 g/mol. The number of hydrogen-bond donors (Lipinski definition) is 2. The fourth-order valence-electron chi connectivity index (χ4n) is 3.15. The Bertz CT molecular complexity index is 941. The van der Waals surface area contributed by atoms with Gasteiger partial charge in [-0.3, -0.25) is 9.79 Å². The number of allylic oxidation sites excluding steroid dienone is 1. The zero-order valence-corrected chi connectivity index (χ0v) is 15.3. The lowest BCUT2D eigenvalue weighted by Crippen LogP contribution is -2.16. The summed E-state index contributed by atoms with van der Waals surface area (Å²) in [4.78, 5) is 18.8. The molecule has 134 valence electrons. The highest BCUT2D eigenvalue weighted by atomic mass is 32.1. The van der Waals surface area contributed by atoms with Crippen LogP contribution in [0.5, 0.6) is 0 Å². The van der Waals surface area contributed by atoms with E-state index in [9.17, 15) is 9.18 Å². The first kappa shape index (κ1) is 17.0. The fourth-order valence-corrected chi connectivity index (χ4v) is 4.37. The number of fused-ring (bicyclic) bond motifs is 1. The van der Waals surface area contributed by atoms with E-state index in [4.69, 9.17) is 5.73 Å². The number of carbonyl (C=O) groups excluding carboxylic acids is 1. The van der Waals surface area contributed by atoms with Gasteiger partial charge in [0.05, 0.1) is 16.3 Å². The maximum Gasteiger partial charge on any atom is 0.227 e. The van der Waals surface area contributed by atoms with Crippen LogP contribution in [0.3, 0.4) is 0 Å². The molecule has 0 saturated heterocycles.